The van der Waals surface area contributed by atoms with E-state index >= 15 is 0 Å². The van der Waals surface area contributed by atoms with Crippen molar-refractivity contribution in [2.24, 2.45) is 0 Å². The van der Waals surface area contributed by atoms with E-state index < -0.39 is 11.7 Å². The molecule has 0 radical (unpaired) electrons. The molecule has 0 spiro atoms. The molecular weight excluding hydrogens is 345 g/mol. The summed E-state index contributed by atoms with van der Waals surface area (Å²) in [5.74, 6) is 0.253. The van der Waals surface area contributed by atoms with Gasteiger partial charge in [-0.05, 0) is 38.0 Å². The van der Waals surface area contributed by atoms with Crippen LogP contribution in [-0.2, 0) is 4.79 Å². The molecule has 1 amide bonds. The van der Waals surface area contributed by atoms with E-state index in [2.05, 4.69) is 5.32 Å². The summed E-state index contributed by atoms with van der Waals surface area (Å²) < 4.78 is 18.7. The van der Waals surface area contributed by atoms with Gasteiger partial charge in [0.25, 0.3) is 5.91 Å². The zero-order valence-corrected chi connectivity index (χ0v) is 15.9. The predicted molar refractivity (Wildman–Crippen MR) is 103 cm³/mol. The highest BCUT2D eigenvalue weighted by atomic mass is 19.1. The van der Waals surface area contributed by atoms with Gasteiger partial charge >= 0.3 is 0 Å². The molecule has 1 atom stereocenters. The summed E-state index contributed by atoms with van der Waals surface area (Å²) in [5.41, 5.74) is 0.815. The maximum Gasteiger partial charge on any atom is 0.252 e. The fourth-order valence-electron chi connectivity index (χ4n) is 3.97. The molecule has 1 aromatic rings. The number of amides is 1. The molecule has 1 unspecified atom stereocenters. The van der Waals surface area contributed by atoms with E-state index in [4.69, 9.17) is 4.74 Å². The Labute approximate surface area is 159 Å². The monoisotopic (exact) mass is 371 g/mol. The number of benzene rings is 1. The number of alkyl halides is 1. The first-order chi connectivity index (χ1) is 13.0. The molecule has 1 aromatic carbocycles. The van der Waals surface area contributed by atoms with E-state index in [1.54, 1.807) is 37.5 Å². The summed E-state index contributed by atoms with van der Waals surface area (Å²) in [5, 5.41) is 3.04. The summed E-state index contributed by atoms with van der Waals surface area (Å²) in [6, 6.07) is 5.31. The smallest absolute Gasteiger partial charge is 0.252 e. The van der Waals surface area contributed by atoms with Crippen LogP contribution in [0.25, 0.3) is 0 Å². The number of hydrogen-bond acceptors (Lipinski definition) is 3. The maximum atomic E-state index is 13.4. The second-order valence-electron chi connectivity index (χ2n) is 7.33. The van der Waals surface area contributed by atoms with Crippen LogP contribution in [0, 0.1) is 6.92 Å². The topological polar surface area (TPSA) is 55.4 Å². The van der Waals surface area contributed by atoms with E-state index in [1.165, 1.54) is 6.08 Å². The van der Waals surface area contributed by atoms with Crippen molar-refractivity contribution in [3.8, 4) is 5.75 Å². The van der Waals surface area contributed by atoms with Gasteiger partial charge in [-0.1, -0.05) is 37.5 Å². The van der Waals surface area contributed by atoms with Crippen LogP contribution < -0.4 is 10.1 Å². The highest BCUT2D eigenvalue weighted by Gasteiger charge is 2.42. The molecular formula is C22H26FNO3. The summed E-state index contributed by atoms with van der Waals surface area (Å²) >= 11 is 0. The number of ketones is 1. The lowest BCUT2D eigenvalue weighted by Gasteiger charge is -2.37. The molecule has 1 N–H and O–H groups in total. The number of carbonyl (C=O) groups is 2. The van der Waals surface area contributed by atoms with Crippen molar-refractivity contribution in [3.05, 3.63) is 53.1 Å². The minimum Gasteiger partial charge on any atom is -0.496 e. The predicted octanol–water partition coefficient (Wildman–Crippen LogP) is 4.23. The van der Waals surface area contributed by atoms with E-state index in [9.17, 15) is 14.0 Å². The highest BCUT2D eigenvalue weighted by molar-refractivity contribution is 6.08. The molecule has 0 bridgehead atoms. The van der Waals surface area contributed by atoms with Crippen LogP contribution in [0.4, 0.5) is 4.39 Å². The molecule has 0 heterocycles. The first-order valence-electron chi connectivity index (χ1n) is 9.50. The van der Waals surface area contributed by atoms with Crippen LogP contribution in [-0.4, -0.2) is 30.5 Å². The summed E-state index contributed by atoms with van der Waals surface area (Å²) in [4.78, 5) is 26.3. The van der Waals surface area contributed by atoms with Crippen LogP contribution >= 0.6 is 0 Å². The normalized spacial score (nSPS) is 21.3. The van der Waals surface area contributed by atoms with Crippen molar-refractivity contribution < 1.29 is 18.7 Å². The van der Waals surface area contributed by atoms with Crippen LogP contribution in [0.3, 0.4) is 0 Å². The first kappa shape index (κ1) is 19.3. The van der Waals surface area contributed by atoms with Crippen LogP contribution in [0.5, 0.6) is 5.75 Å². The Hall–Kier alpha value is -2.43. The Morgan fingerprint density at radius 3 is 2.59 bits per heavy atom. The summed E-state index contributed by atoms with van der Waals surface area (Å²) in [6.45, 7) is 1.83. The van der Waals surface area contributed by atoms with Gasteiger partial charge in [0, 0.05) is 23.1 Å². The average Bonchev–Trinajstić information content (AvgIpc) is 2.69. The van der Waals surface area contributed by atoms with Gasteiger partial charge in [0.1, 0.15) is 17.5 Å². The van der Waals surface area contributed by atoms with Crippen molar-refractivity contribution in [1.29, 1.82) is 0 Å². The van der Waals surface area contributed by atoms with Gasteiger partial charge in [0.05, 0.1) is 7.11 Å². The van der Waals surface area contributed by atoms with Crippen LogP contribution in [0.1, 0.15) is 54.4 Å². The number of halogens is 1. The van der Waals surface area contributed by atoms with Gasteiger partial charge in [-0.2, -0.15) is 0 Å². The number of nitrogens with one attached hydrogen (secondary N) is 1. The Morgan fingerprint density at radius 1 is 1.22 bits per heavy atom. The SMILES string of the molecule is COc1cccc(C(=O)NC2(C(=O)C3=CCC(F)C=C3)CCCCC2)c1C. The Balaban J connectivity index is 1.88. The van der Waals surface area contributed by atoms with E-state index in [-0.39, 0.29) is 18.1 Å². The van der Waals surface area contributed by atoms with Crippen molar-refractivity contribution >= 4 is 11.7 Å². The van der Waals surface area contributed by atoms with Crippen molar-refractivity contribution in [2.75, 3.05) is 7.11 Å². The van der Waals surface area contributed by atoms with Gasteiger partial charge in [0.15, 0.2) is 5.78 Å². The fraction of sp³-hybridized carbons (Fsp3) is 0.455. The van der Waals surface area contributed by atoms with E-state index in [0.29, 0.717) is 29.7 Å². The number of rotatable bonds is 5. The van der Waals surface area contributed by atoms with Gasteiger partial charge in [0.2, 0.25) is 0 Å². The van der Waals surface area contributed by atoms with E-state index in [0.717, 1.165) is 24.8 Å². The lowest BCUT2D eigenvalue weighted by molar-refractivity contribution is -0.122. The molecule has 5 heteroatoms. The van der Waals surface area contributed by atoms with Gasteiger partial charge < -0.3 is 10.1 Å². The maximum absolute atomic E-state index is 13.4. The molecule has 4 nitrogen and oxygen atoms in total. The number of methoxy groups -OCH3 is 1. The van der Waals surface area contributed by atoms with Gasteiger partial charge in [-0.25, -0.2) is 4.39 Å². The summed E-state index contributed by atoms with van der Waals surface area (Å²) in [7, 11) is 1.57. The molecule has 27 heavy (non-hydrogen) atoms. The minimum atomic E-state index is -1.04. The van der Waals surface area contributed by atoms with Crippen LogP contribution in [0.2, 0.25) is 0 Å². The largest absolute Gasteiger partial charge is 0.496 e. The standard InChI is InChI=1S/C22H26FNO3/c1-15-18(7-6-8-19(15)27-2)21(26)24-22(13-4-3-5-14-22)20(25)16-9-11-17(23)12-10-16/h6-11,17H,3-5,12-14H2,1-2H3,(H,24,26). The van der Waals surface area contributed by atoms with Gasteiger partial charge in [-0.15, -0.1) is 0 Å². The molecule has 0 aliphatic heterocycles. The zero-order valence-electron chi connectivity index (χ0n) is 15.9. The molecule has 2 aliphatic rings. The van der Waals surface area contributed by atoms with Crippen LogP contribution in [0.15, 0.2) is 42.0 Å². The number of allylic oxidation sites excluding steroid dienone is 3. The molecule has 1 saturated carbocycles. The third kappa shape index (κ3) is 3.97. The fourth-order valence-corrected chi connectivity index (χ4v) is 3.97. The lowest BCUT2D eigenvalue weighted by Crippen LogP contribution is -2.56. The number of ether oxygens (including phenoxy) is 1. The minimum absolute atomic E-state index is 0.112. The molecule has 2 aliphatic carbocycles. The van der Waals surface area contributed by atoms with Crippen molar-refractivity contribution in [2.45, 2.75) is 57.2 Å². The highest BCUT2D eigenvalue weighted by Crippen LogP contribution is 2.33. The first-order valence-corrected chi connectivity index (χ1v) is 9.50. The summed E-state index contributed by atoms with van der Waals surface area (Å²) in [6.07, 6.45) is 7.78. The Morgan fingerprint density at radius 2 is 1.96 bits per heavy atom. The molecule has 144 valence electrons. The lowest BCUT2D eigenvalue weighted by atomic mass is 9.75. The molecule has 1 fully saturated rings. The average molecular weight is 371 g/mol. The third-order valence-corrected chi connectivity index (χ3v) is 5.55. The zero-order chi connectivity index (χ0) is 19.4. The number of Topliss-reactive ketones (excluding diaryl/α,β-unsaturated/α-hetero) is 1. The Bertz CT molecular complexity index is 791. The number of carbonyl (C=O) groups excluding carboxylic acids is 2. The quantitative estimate of drug-likeness (QED) is 0.843. The van der Waals surface area contributed by atoms with E-state index in [1.807, 2.05) is 6.92 Å². The molecule has 3 rings (SSSR count). The molecule has 0 saturated heterocycles. The van der Waals surface area contributed by atoms with Crippen molar-refractivity contribution in [1.82, 2.24) is 5.32 Å². The Kier molecular flexibility index (Phi) is 5.78. The van der Waals surface area contributed by atoms with Crippen molar-refractivity contribution in [3.63, 3.8) is 0 Å². The van der Waals surface area contributed by atoms with Gasteiger partial charge in [-0.3, -0.25) is 9.59 Å². The number of hydrogen-bond donors (Lipinski definition) is 1. The second kappa shape index (κ2) is 8.07. The third-order valence-electron chi connectivity index (χ3n) is 5.55. The second-order valence-corrected chi connectivity index (χ2v) is 7.33. The molecule has 0 aromatic heterocycles.